The highest BCUT2D eigenvalue weighted by atomic mass is 79.9. The first-order valence-electron chi connectivity index (χ1n) is 4.57. The lowest BCUT2D eigenvalue weighted by Crippen LogP contribution is -2.21. The van der Waals surface area contributed by atoms with E-state index in [0.717, 1.165) is 0 Å². The van der Waals surface area contributed by atoms with Gasteiger partial charge in [-0.2, -0.15) is 0 Å². The molecule has 0 radical (unpaired) electrons. The molecule has 1 aromatic rings. The van der Waals surface area contributed by atoms with Gasteiger partial charge in [0.1, 0.15) is 11.9 Å². The molecule has 1 aromatic carbocycles. The van der Waals surface area contributed by atoms with Gasteiger partial charge in [0.15, 0.2) is 0 Å². The summed E-state index contributed by atoms with van der Waals surface area (Å²) in [7, 11) is 0. The summed E-state index contributed by atoms with van der Waals surface area (Å²) < 4.78 is 13.2. The van der Waals surface area contributed by atoms with Gasteiger partial charge in [-0.25, -0.2) is 4.39 Å². The van der Waals surface area contributed by atoms with Crippen LogP contribution in [-0.4, -0.2) is 22.9 Å². The van der Waals surface area contributed by atoms with Gasteiger partial charge in [-0.1, -0.05) is 6.07 Å². The van der Waals surface area contributed by atoms with Crippen LogP contribution < -0.4 is 5.73 Å². The van der Waals surface area contributed by atoms with Crippen molar-refractivity contribution in [2.24, 2.45) is 5.73 Å². The van der Waals surface area contributed by atoms with Crippen molar-refractivity contribution in [2.75, 3.05) is 6.54 Å². The van der Waals surface area contributed by atoms with E-state index in [1.165, 1.54) is 18.2 Å². The summed E-state index contributed by atoms with van der Waals surface area (Å²) in [6.07, 6.45) is -1.66. The van der Waals surface area contributed by atoms with Crippen molar-refractivity contribution in [3.05, 3.63) is 34.1 Å². The first kappa shape index (κ1) is 12.6. The Balaban J connectivity index is 2.81. The molecular weight excluding hydrogens is 265 g/mol. The van der Waals surface area contributed by atoms with Crippen molar-refractivity contribution in [1.29, 1.82) is 0 Å². The van der Waals surface area contributed by atoms with Crippen LogP contribution in [0.5, 0.6) is 0 Å². The number of aliphatic hydroxyl groups is 2. The molecule has 2 unspecified atom stereocenters. The van der Waals surface area contributed by atoms with E-state index in [4.69, 9.17) is 5.73 Å². The minimum Gasteiger partial charge on any atom is -0.390 e. The molecule has 4 N–H and O–H groups in total. The van der Waals surface area contributed by atoms with Crippen molar-refractivity contribution in [3.8, 4) is 0 Å². The van der Waals surface area contributed by atoms with E-state index in [1.807, 2.05) is 0 Å². The molecule has 2 atom stereocenters. The summed E-state index contributed by atoms with van der Waals surface area (Å²) >= 11 is 3.01. The molecule has 0 bridgehead atoms. The topological polar surface area (TPSA) is 66.5 Å². The van der Waals surface area contributed by atoms with Gasteiger partial charge >= 0.3 is 0 Å². The Bertz CT molecular complexity index is 335. The third-order valence-electron chi connectivity index (χ3n) is 2.11. The maximum atomic E-state index is 12.9. The van der Waals surface area contributed by atoms with E-state index >= 15 is 0 Å². The Labute approximate surface area is 95.9 Å². The van der Waals surface area contributed by atoms with Crippen LogP contribution in [0.3, 0.4) is 0 Å². The minimum atomic E-state index is -1.04. The van der Waals surface area contributed by atoms with Crippen molar-refractivity contribution in [1.82, 2.24) is 0 Å². The molecule has 0 saturated carbocycles. The predicted molar refractivity (Wildman–Crippen MR) is 58.7 cm³/mol. The van der Waals surface area contributed by atoms with Crippen molar-refractivity contribution >= 4 is 15.9 Å². The van der Waals surface area contributed by atoms with Crippen LogP contribution >= 0.6 is 15.9 Å². The largest absolute Gasteiger partial charge is 0.390 e. The van der Waals surface area contributed by atoms with Crippen LogP contribution in [0.1, 0.15) is 18.1 Å². The van der Waals surface area contributed by atoms with E-state index < -0.39 is 18.0 Å². The number of hydrogen-bond donors (Lipinski definition) is 3. The SMILES string of the molecule is NCCC(O)C(O)c1ccc(F)c(Br)c1. The third kappa shape index (κ3) is 3.24. The van der Waals surface area contributed by atoms with Crippen LogP contribution in [0.2, 0.25) is 0 Å². The summed E-state index contributed by atoms with van der Waals surface area (Å²) in [4.78, 5) is 0. The molecule has 0 amide bonds. The second-order valence-corrected chi connectivity index (χ2v) is 4.12. The fourth-order valence-electron chi connectivity index (χ4n) is 1.25. The Hall–Kier alpha value is -0.490. The summed E-state index contributed by atoms with van der Waals surface area (Å²) in [5.74, 6) is -0.403. The molecule has 0 aliphatic rings. The lowest BCUT2D eigenvalue weighted by atomic mass is 10.0. The van der Waals surface area contributed by atoms with Crippen molar-refractivity contribution in [3.63, 3.8) is 0 Å². The van der Waals surface area contributed by atoms with Crippen LogP contribution in [-0.2, 0) is 0 Å². The molecule has 0 saturated heterocycles. The van der Waals surface area contributed by atoms with E-state index in [9.17, 15) is 14.6 Å². The standard InChI is InChI=1S/C10H13BrFNO2/c11-7-5-6(1-2-8(7)12)10(15)9(14)3-4-13/h1-2,5,9-10,14-15H,3-4,13H2. The van der Waals surface area contributed by atoms with Crippen molar-refractivity contribution < 1.29 is 14.6 Å². The molecule has 0 aromatic heterocycles. The van der Waals surface area contributed by atoms with Crippen molar-refractivity contribution in [2.45, 2.75) is 18.6 Å². The first-order chi connectivity index (χ1) is 7.06. The predicted octanol–water partition coefficient (Wildman–Crippen LogP) is 1.33. The molecule has 1 rings (SSSR count). The summed E-state index contributed by atoms with van der Waals surface area (Å²) in [5, 5.41) is 19.2. The van der Waals surface area contributed by atoms with E-state index in [-0.39, 0.29) is 4.47 Å². The number of hydrogen-bond acceptors (Lipinski definition) is 3. The van der Waals surface area contributed by atoms with E-state index in [2.05, 4.69) is 15.9 Å². The highest BCUT2D eigenvalue weighted by Gasteiger charge is 2.18. The summed E-state index contributed by atoms with van der Waals surface area (Å²) in [6, 6.07) is 4.11. The summed E-state index contributed by atoms with van der Waals surface area (Å²) in [5.41, 5.74) is 5.72. The lowest BCUT2D eigenvalue weighted by Gasteiger charge is -2.17. The second-order valence-electron chi connectivity index (χ2n) is 3.26. The van der Waals surface area contributed by atoms with Crippen LogP contribution in [0.25, 0.3) is 0 Å². The van der Waals surface area contributed by atoms with Gasteiger partial charge in [-0.05, 0) is 46.6 Å². The van der Waals surface area contributed by atoms with Gasteiger partial charge in [0, 0.05) is 0 Å². The number of nitrogens with two attached hydrogens (primary N) is 1. The third-order valence-corrected chi connectivity index (χ3v) is 2.72. The molecule has 15 heavy (non-hydrogen) atoms. The number of rotatable bonds is 4. The molecule has 5 heteroatoms. The van der Waals surface area contributed by atoms with E-state index in [0.29, 0.717) is 18.5 Å². The zero-order chi connectivity index (χ0) is 11.4. The molecule has 0 fully saturated rings. The van der Waals surface area contributed by atoms with Crippen LogP contribution in [0, 0.1) is 5.82 Å². The molecular formula is C10H13BrFNO2. The van der Waals surface area contributed by atoms with Gasteiger partial charge in [0.2, 0.25) is 0 Å². The average Bonchev–Trinajstić information content (AvgIpc) is 2.21. The minimum absolute atomic E-state index is 0.263. The lowest BCUT2D eigenvalue weighted by molar-refractivity contribution is 0.0149. The fourth-order valence-corrected chi connectivity index (χ4v) is 1.64. The Morgan fingerprint density at radius 3 is 2.60 bits per heavy atom. The zero-order valence-electron chi connectivity index (χ0n) is 8.03. The maximum absolute atomic E-state index is 12.9. The van der Waals surface area contributed by atoms with Crippen LogP contribution in [0.15, 0.2) is 22.7 Å². The Morgan fingerprint density at radius 2 is 2.07 bits per heavy atom. The first-order valence-corrected chi connectivity index (χ1v) is 5.36. The number of benzene rings is 1. The smallest absolute Gasteiger partial charge is 0.137 e. The molecule has 0 aliphatic carbocycles. The quantitative estimate of drug-likeness (QED) is 0.778. The Kier molecular flexibility index (Phi) is 4.66. The molecule has 3 nitrogen and oxygen atoms in total. The van der Waals surface area contributed by atoms with Gasteiger partial charge in [0.25, 0.3) is 0 Å². The number of aliphatic hydroxyl groups excluding tert-OH is 2. The Morgan fingerprint density at radius 1 is 1.40 bits per heavy atom. The summed E-state index contributed by atoms with van der Waals surface area (Å²) in [6.45, 7) is 0.292. The number of halogens is 2. The average molecular weight is 278 g/mol. The normalized spacial score (nSPS) is 15.0. The highest BCUT2D eigenvalue weighted by molar-refractivity contribution is 9.10. The molecule has 0 spiro atoms. The molecule has 0 heterocycles. The van der Waals surface area contributed by atoms with Gasteiger partial charge < -0.3 is 15.9 Å². The zero-order valence-corrected chi connectivity index (χ0v) is 9.61. The monoisotopic (exact) mass is 277 g/mol. The molecule has 84 valence electrons. The van der Waals surface area contributed by atoms with Gasteiger partial charge in [0.05, 0.1) is 10.6 Å². The molecule has 0 aliphatic heterocycles. The second kappa shape index (κ2) is 5.55. The van der Waals surface area contributed by atoms with Gasteiger partial charge in [-0.15, -0.1) is 0 Å². The van der Waals surface area contributed by atoms with E-state index in [1.54, 1.807) is 0 Å². The fraction of sp³-hybridized carbons (Fsp3) is 0.400. The van der Waals surface area contributed by atoms with Crippen LogP contribution in [0.4, 0.5) is 4.39 Å². The highest BCUT2D eigenvalue weighted by Crippen LogP contribution is 2.24. The van der Waals surface area contributed by atoms with Gasteiger partial charge in [-0.3, -0.25) is 0 Å². The maximum Gasteiger partial charge on any atom is 0.137 e.